The number of nitrogens with zero attached hydrogens (tertiary/aromatic N) is 2. The van der Waals surface area contributed by atoms with E-state index in [-0.39, 0.29) is 17.8 Å². The molecular weight excluding hydrogens is 265 g/mol. The average molecular weight is 281 g/mol. The van der Waals surface area contributed by atoms with E-state index in [0.717, 1.165) is 6.07 Å². The molecule has 0 atom stereocenters. The maximum Gasteiger partial charge on any atom is 0.317 e. The molecule has 0 spiro atoms. The molecule has 108 valence electrons. The van der Waals surface area contributed by atoms with Gasteiger partial charge in [0.25, 0.3) is 5.91 Å². The van der Waals surface area contributed by atoms with Crippen LogP contribution < -0.4 is 5.73 Å². The Labute approximate surface area is 115 Å². The molecular formula is C13H16FN3O3. The number of carbonyl (C=O) groups is 2. The van der Waals surface area contributed by atoms with Gasteiger partial charge in [0.05, 0.1) is 12.1 Å². The fourth-order valence-corrected chi connectivity index (χ4v) is 2.18. The molecule has 2 rings (SSSR count). The van der Waals surface area contributed by atoms with Crippen molar-refractivity contribution in [3.63, 3.8) is 0 Å². The zero-order valence-corrected chi connectivity index (χ0v) is 10.9. The van der Waals surface area contributed by atoms with E-state index in [4.69, 9.17) is 10.8 Å². The van der Waals surface area contributed by atoms with Crippen LogP contribution in [0, 0.1) is 5.82 Å². The lowest BCUT2D eigenvalue weighted by Gasteiger charge is -2.33. The Balaban J connectivity index is 1.99. The predicted molar refractivity (Wildman–Crippen MR) is 70.8 cm³/mol. The van der Waals surface area contributed by atoms with Gasteiger partial charge in [0, 0.05) is 31.9 Å². The number of benzene rings is 1. The van der Waals surface area contributed by atoms with Gasteiger partial charge in [-0.3, -0.25) is 14.5 Å². The van der Waals surface area contributed by atoms with Gasteiger partial charge in [0.15, 0.2) is 0 Å². The van der Waals surface area contributed by atoms with Gasteiger partial charge in [-0.05, 0) is 18.2 Å². The fourth-order valence-electron chi connectivity index (χ4n) is 2.18. The van der Waals surface area contributed by atoms with Crippen molar-refractivity contribution in [1.82, 2.24) is 9.80 Å². The van der Waals surface area contributed by atoms with E-state index in [0.29, 0.717) is 26.2 Å². The number of hydrogen-bond donors (Lipinski definition) is 2. The van der Waals surface area contributed by atoms with E-state index in [9.17, 15) is 14.0 Å². The third-order valence-electron chi connectivity index (χ3n) is 3.24. The topological polar surface area (TPSA) is 86.9 Å². The van der Waals surface area contributed by atoms with Crippen LogP contribution in [0.2, 0.25) is 0 Å². The van der Waals surface area contributed by atoms with Gasteiger partial charge in [-0.15, -0.1) is 0 Å². The minimum atomic E-state index is -0.894. The van der Waals surface area contributed by atoms with Crippen LogP contribution in [0.25, 0.3) is 0 Å². The molecule has 20 heavy (non-hydrogen) atoms. The van der Waals surface area contributed by atoms with Crippen LogP contribution >= 0.6 is 0 Å². The average Bonchev–Trinajstić information content (AvgIpc) is 2.38. The summed E-state index contributed by atoms with van der Waals surface area (Å²) in [6.45, 7) is 1.66. The molecule has 6 nitrogen and oxygen atoms in total. The van der Waals surface area contributed by atoms with E-state index >= 15 is 0 Å². The Morgan fingerprint density at radius 3 is 2.45 bits per heavy atom. The summed E-state index contributed by atoms with van der Waals surface area (Å²) in [6.07, 6.45) is 0. The monoisotopic (exact) mass is 281 g/mol. The van der Waals surface area contributed by atoms with Crippen LogP contribution in [0.15, 0.2) is 18.2 Å². The molecule has 1 aliphatic heterocycles. The third-order valence-corrected chi connectivity index (χ3v) is 3.24. The summed E-state index contributed by atoms with van der Waals surface area (Å²) in [7, 11) is 0. The number of nitrogens with two attached hydrogens (primary N) is 1. The van der Waals surface area contributed by atoms with E-state index < -0.39 is 17.7 Å². The van der Waals surface area contributed by atoms with Crippen LogP contribution in [0.1, 0.15) is 10.4 Å². The maximum atomic E-state index is 13.7. The molecule has 0 radical (unpaired) electrons. The molecule has 1 aromatic rings. The van der Waals surface area contributed by atoms with Crippen molar-refractivity contribution in [2.45, 2.75) is 0 Å². The molecule has 1 aliphatic rings. The van der Waals surface area contributed by atoms with Gasteiger partial charge in [0.1, 0.15) is 5.82 Å². The van der Waals surface area contributed by atoms with Crippen LogP contribution in [-0.4, -0.2) is 59.5 Å². The summed E-state index contributed by atoms with van der Waals surface area (Å²) in [5.41, 5.74) is 5.70. The quantitative estimate of drug-likeness (QED) is 0.776. The fraction of sp³-hybridized carbons (Fsp3) is 0.385. The number of carboxylic acids is 1. The van der Waals surface area contributed by atoms with Crippen molar-refractivity contribution in [2.24, 2.45) is 0 Å². The molecule has 1 saturated heterocycles. The predicted octanol–water partition coefficient (Wildman–Crippen LogP) is 0.250. The number of carbonyl (C=O) groups excluding carboxylic acids is 1. The number of hydrogen-bond acceptors (Lipinski definition) is 4. The SMILES string of the molecule is Nc1ccc(C(=O)N2CCN(CC(=O)O)CC2)c(F)c1. The van der Waals surface area contributed by atoms with E-state index in [1.54, 1.807) is 4.90 Å². The minimum Gasteiger partial charge on any atom is -0.480 e. The highest BCUT2D eigenvalue weighted by atomic mass is 19.1. The van der Waals surface area contributed by atoms with Gasteiger partial charge >= 0.3 is 5.97 Å². The molecule has 7 heteroatoms. The minimum absolute atomic E-state index is 0.00844. The van der Waals surface area contributed by atoms with Gasteiger partial charge < -0.3 is 15.7 Å². The summed E-state index contributed by atoms with van der Waals surface area (Å²) < 4.78 is 13.7. The number of halogens is 1. The van der Waals surface area contributed by atoms with Crippen molar-refractivity contribution in [2.75, 3.05) is 38.5 Å². The maximum absolute atomic E-state index is 13.7. The molecule has 0 aliphatic carbocycles. The number of amides is 1. The molecule has 0 unspecified atom stereocenters. The summed E-state index contributed by atoms with van der Waals surface area (Å²) in [5, 5.41) is 8.70. The highest BCUT2D eigenvalue weighted by Crippen LogP contribution is 2.15. The number of piperazine rings is 1. The number of rotatable bonds is 3. The molecule has 1 aromatic carbocycles. The lowest BCUT2D eigenvalue weighted by atomic mass is 10.1. The highest BCUT2D eigenvalue weighted by Gasteiger charge is 2.24. The number of aliphatic carboxylic acids is 1. The Bertz CT molecular complexity index is 528. The Hall–Kier alpha value is -2.15. The van der Waals surface area contributed by atoms with Gasteiger partial charge in [0.2, 0.25) is 0 Å². The van der Waals surface area contributed by atoms with Gasteiger partial charge in [-0.2, -0.15) is 0 Å². The first-order valence-corrected chi connectivity index (χ1v) is 6.26. The largest absolute Gasteiger partial charge is 0.480 e. The van der Waals surface area contributed by atoms with E-state index in [1.807, 2.05) is 0 Å². The lowest BCUT2D eigenvalue weighted by Crippen LogP contribution is -2.50. The first-order chi connectivity index (χ1) is 9.47. The Morgan fingerprint density at radius 1 is 1.25 bits per heavy atom. The number of nitrogen functional groups attached to an aromatic ring is 1. The van der Waals surface area contributed by atoms with Crippen LogP contribution in [-0.2, 0) is 4.79 Å². The summed E-state index contributed by atoms with van der Waals surface area (Å²) in [4.78, 5) is 26.0. The normalized spacial score (nSPS) is 16.1. The van der Waals surface area contributed by atoms with E-state index in [1.165, 1.54) is 17.0 Å². The first kappa shape index (κ1) is 14.3. The van der Waals surface area contributed by atoms with Crippen LogP contribution in [0.3, 0.4) is 0 Å². The lowest BCUT2D eigenvalue weighted by molar-refractivity contribution is -0.138. The molecule has 1 amide bonds. The molecule has 0 bridgehead atoms. The first-order valence-electron chi connectivity index (χ1n) is 6.26. The number of anilines is 1. The Morgan fingerprint density at radius 2 is 1.90 bits per heavy atom. The smallest absolute Gasteiger partial charge is 0.317 e. The highest BCUT2D eigenvalue weighted by molar-refractivity contribution is 5.95. The Kier molecular flexibility index (Phi) is 4.19. The van der Waals surface area contributed by atoms with Crippen molar-refractivity contribution >= 4 is 17.6 Å². The van der Waals surface area contributed by atoms with E-state index in [2.05, 4.69) is 0 Å². The summed E-state index contributed by atoms with van der Waals surface area (Å²) in [6, 6.07) is 3.97. The van der Waals surface area contributed by atoms with Crippen molar-refractivity contribution in [1.29, 1.82) is 0 Å². The summed E-state index contributed by atoms with van der Waals surface area (Å²) >= 11 is 0. The zero-order valence-electron chi connectivity index (χ0n) is 10.9. The van der Waals surface area contributed by atoms with Crippen molar-refractivity contribution in [3.8, 4) is 0 Å². The second-order valence-corrected chi connectivity index (χ2v) is 4.70. The zero-order chi connectivity index (χ0) is 14.7. The van der Waals surface area contributed by atoms with Gasteiger partial charge in [-0.25, -0.2) is 4.39 Å². The van der Waals surface area contributed by atoms with Gasteiger partial charge in [-0.1, -0.05) is 0 Å². The van der Waals surface area contributed by atoms with Crippen molar-refractivity contribution < 1.29 is 19.1 Å². The van der Waals surface area contributed by atoms with Crippen molar-refractivity contribution in [3.05, 3.63) is 29.6 Å². The van der Waals surface area contributed by atoms with Crippen LogP contribution in [0.4, 0.5) is 10.1 Å². The molecule has 1 fully saturated rings. The summed E-state index contributed by atoms with van der Waals surface area (Å²) in [5.74, 6) is -1.92. The molecule has 0 aromatic heterocycles. The standard InChI is InChI=1S/C13H16FN3O3/c14-11-7-9(15)1-2-10(11)13(20)17-5-3-16(4-6-17)8-12(18)19/h1-2,7H,3-6,8,15H2,(H,18,19). The number of carboxylic acid groups (broad SMARTS) is 1. The molecule has 1 heterocycles. The molecule has 0 saturated carbocycles. The van der Waals surface area contributed by atoms with Crippen LogP contribution in [0.5, 0.6) is 0 Å². The third kappa shape index (κ3) is 3.24. The molecule has 3 N–H and O–H groups in total. The second kappa shape index (κ2) is 5.87. The second-order valence-electron chi connectivity index (χ2n) is 4.70.